The number of nitrogens with one attached hydrogen (secondary N) is 1. The van der Waals surface area contributed by atoms with Crippen molar-refractivity contribution in [1.82, 2.24) is 10.2 Å². The van der Waals surface area contributed by atoms with Crippen LogP contribution in [0.4, 0.5) is 4.79 Å². The molecule has 0 aromatic heterocycles. The first-order valence-corrected chi connectivity index (χ1v) is 9.61. The topological polar surface area (TPSA) is 101 Å². The molecular weight excluding hydrogens is 388 g/mol. The van der Waals surface area contributed by atoms with Gasteiger partial charge in [0.25, 0.3) is 5.91 Å². The van der Waals surface area contributed by atoms with Crippen LogP contribution < -0.4 is 5.32 Å². The number of imide groups is 1. The van der Waals surface area contributed by atoms with Crippen molar-refractivity contribution in [3.8, 4) is 0 Å². The number of hydrogen-bond acceptors (Lipinski definition) is 5. The Morgan fingerprint density at radius 1 is 1.26 bits per heavy atom. The van der Waals surface area contributed by atoms with Crippen LogP contribution in [-0.4, -0.2) is 55.6 Å². The number of carbonyl (C=O) groups is 3. The number of carbonyl (C=O) groups excluding carboxylic acids is 3. The Labute approximate surface area is 142 Å². The molecule has 0 saturated carbocycles. The van der Waals surface area contributed by atoms with Crippen LogP contribution in [0.15, 0.2) is 28.7 Å². The monoisotopic (exact) mass is 402 g/mol. The number of ketones is 1. The molecule has 9 heteroatoms. The maximum absolute atomic E-state index is 12.1. The number of halogens is 1. The highest BCUT2D eigenvalue weighted by Gasteiger charge is 2.39. The molecular formula is C14H15BrN2O5S. The van der Waals surface area contributed by atoms with E-state index in [1.54, 1.807) is 24.3 Å². The summed E-state index contributed by atoms with van der Waals surface area (Å²) in [6, 6.07) is 4.97. The summed E-state index contributed by atoms with van der Waals surface area (Å²) in [6.07, 6.45) is 1.05. The zero-order chi connectivity index (χ0) is 17.2. The summed E-state index contributed by atoms with van der Waals surface area (Å²) in [5.41, 5.74) is 0.383. The van der Waals surface area contributed by atoms with Gasteiger partial charge in [-0.05, 0) is 18.6 Å². The van der Waals surface area contributed by atoms with Gasteiger partial charge in [-0.25, -0.2) is 13.2 Å². The van der Waals surface area contributed by atoms with E-state index in [4.69, 9.17) is 0 Å². The second kappa shape index (κ2) is 6.79. The third kappa shape index (κ3) is 4.61. The zero-order valence-corrected chi connectivity index (χ0v) is 14.7. The SMILES string of the molecule is CS(=O)(=O)CC[C@@H]1NC(=O)N(CC(=O)c2ccc(Br)cc2)C1=O. The van der Waals surface area contributed by atoms with Crippen molar-refractivity contribution >= 4 is 43.5 Å². The maximum atomic E-state index is 12.1. The minimum Gasteiger partial charge on any atom is -0.326 e. The molecule has 3 amide bonds. The highest BCUT2D eigenvalue weighted by molar-refractivity contribution is 9.10. The number of sulfone groups is 1. The summed E-state index contributed by atoms with van der Waals surface area (Å²) in [4.78, 5) is 36.9. The number of amides is 3. The minimum atomic E-state index is -3.23. The van der Waals surface area contributed by atoms with Crippen LogP contribution in [0.5, 0.6) is 0 Å². The van der Waals surface area contributed by atoms with Crippen LogP contribution in [0, 0.1) is 0 Å². The first-order valence-electron chi connectivity index (χ1n) is 6.76. The molecule has 0 unspecified atom stereocenters. The largest absolute Gasteiger partial charge is 0.326 e. The first-order chi connectivity index (χ1) is 10.7. The van der Waals surface area contributed by atoms with Gasteiger partial charge in [0.1, 0.15) is 15.9 Å². The third-order valence-electron chi connectivity index (χ3n) is 3.35. The molecule has 2 rings (SSSR count). The lowest BCUT2D eigenvalue weighted by atomic mass is 10.1. The average Bonchev–Trinajstić information content (AvgIpc) is 2.72. The molecule has 0 spiro atoms. The van der Waals surface area contributed by atoms with Gasteiger partial charge in [0.2, 0.25) is 0 Å². The second-order valence-electron chi connectivity index (χ2n) is 5.28. The van der Waals surface area contributed by atoms with Gasteiger partial charge in [-0.2, -0.15) is 0 Å². The molecule has 1 aliphatic rings. The maximum Gasteiger partial charge on any atom is 0.325 e. The van der Waals surface area contributed by atoms with E-state index in [2.05, 4.69) is 21.2 Å². The Balaban J connectivity index is 2.02. The van der Waals surface area contributed by atoms with E-state index in [1.807, 2.05) is 0 Å². The first kappa shape index (κ1) is 17.6. The second-order valence-corrected chi connectivity index (χ2v) is 8.45. The summed E-state index contributed by atoms with van der Waals surface area (Å²) < 4.78 is 23.1. The van der Waals surface area contributed by atoms with E-state index in [0.717, 1.165) is 15.6 Å². The molecule has 0 aliphatic carbocycles. The fourth-order valence-electron chi connectivity index (χ4n) is 2.12. The number of Topliss-reactive ketones (excluding diaryl/α,β-unsaturated/α-hetero) is 1. The third-order valence-corrected chi connectivity index (χ3v) is 4.86. The van der Waals surface area contributed by atoms with Crippen LogP contribution in [0.1, 0.15) is 16.8 Å². The molecule has 7 nitrogen and oxygen atoms in total. The van der Waals surface area contributed by atoms with Crippen LogP contribution in [0.2, 0.25) is 0 Å². The number of nitrogens with zero attached hydrogens (tertiary/aromatic N) is 1. The van der Waals surface area contributed by atoms with Crippen molar-refractivity contribution in [2.75, 3.05) is 18.6 Å². The summed E-state index contributed by atoms with van der Waals surface area (Å²) in [5.74, 6) is -1.16. The Bertz CT molecular complexity index is 745. The smallest absolute Gasteiger partial charge is 0.325 e. The normalized spacial score (nSPS) is 18.2. The minimum absolute atomic E-state index is 0.00756. The Kier molecular flexibility index (Phi) is 5.20. The van der Waals surface area contributed by atoms with Crippen molar-refractivity contribution in [2.24, 2.45) is 0 Å². The van der Waals surface area contributed by atoms with Crippen LogP contribution in [0.3, 0.4) is 0 Å². The number of hydrogen-bond donors (Lipinski definition) is 1. The van der Waals surface area contributed by atoms with Crippen LogP contribution in [0.25, 0.3) is 0 Å². The van der Waals surface area contributed by atoms with Crippen molar-refractivity contribution < 1.29 is 22.8 Å². The van der Waals surface area contributed by atoms with E-state index >= 15 is 0 Å². The molecule has 1 saturated heterocycles. The van der Waals surface area contributed by atoms with Gasteiger partial charge in [-0.3, -0.25) is 14.5 Å². The average molecular weight is 403 g/mol. The zero-order valence-electron chi connectivity index (χ0n) is 12.3. The molecule has 1 atom stereocenters. The van der Waals surface area contributed by atoms with E-state index < -0.39 is 27.8 Å². The van der Waals surface area contributed by atoms with Gasteiger partial charge >= 0.3 is 6.03 Å². The molecule has 1 N–H and O–H groups in total. The van der Waals surface area contributed by atoms with Gasteiger partial charge in [0.15, 0.2) is 5.78 Å². The Hall–Kier alpha value is -1.74. The van der Waals surface area contributed by atoms with Gasteiger partial charge < -0.3 is 5.32 Å². The molecule has 124 valence electrons. The summed E-state index contributed by atoms with van der Waals surface area (Å²) in [5, 5.41) is 2.41. The Morgan fingerprint density at radius 3 is 2.43 bits per heavy atom. The fraction of sp³-hybridized carbons (Fsp3) is 0.357. The molecule has 1 aromatic carbocycles. The lowest BCUT2D eigenvalue weighted by molar-refractivity contribution is -0.127. The molecule has 1 aromatic rings. The highest BCUT2D eigenvalue weighted by Crippen LogP contribution is 2.14. The highest BCUT2D eigenvalue weighted by atomic mass is 79.9. The summed E-state index contributed by atoms with van der Waals surface area (Å²) in [7, 11) is -3.23. The standard InChI is InChI=1S/C14H15BrN2O5S/c1-23(21,22)7-6-11-13(19)17(14(20)16-11)8-12(18)9-2-4-10(15)5-3-9/h2-5,11H,6-8H2,1H3,(H,16,20)/t11-/m0/s1. The molecule has 23 heavy (non-hydrogen) atoms. The number of benzene rings is 1. The summed E-state index contributed by atoms with van der Waals surface area (Å²) >= 11 is 3.25. The van der Waals surface area contributed by atoms with Crippen LogP contribution >= 0.6 is 15.9 Å². The van der Waals surface area contributed by atoms with Gasteiger partial charge in [0, 0.05) is 16.3 Å². The van der Waals surface area contributed by atoms with E-state index in [1.165, 1.54) is 0 Å². The molecule has 1 heterocycles. The molecule has 0 bridgehead atoms. The van der Waals surface area contributed by atoms with Crippen molar-refractivity contribution in [3.63, 3.8) is 0 Å². The van der Waals surface area contributed by atoms with Crippen molar-refractivity contribution in [1.29, 1.82) is 0 Å². The summed E-state index contributed by atoms with van der Waals surface area (Å²) in [6.45, 7) is -0.373. The van der Waals surface area contributed by atoms with Gasteiger partial charge in [-0.1, -0.05) is 28.1 Å². The van der Waals surface area contributed by atoms with Gasteiger partial charge in [0.05, 0.1) is 12.3 Å². The van der Waals surface area contributed by atoms with Crippen molar-refractivity contribution in [2.45, 2.75) is 12.5 Å². The predicted octanol–water partition coefficient (Wildman–Crippen LogP) is 0.987. The molecule has 1 aliphatic heterocycles. The van der Waals surface area contributed by atoms with E-state index in [0.29, 0.717) is 5.56 Å². The number of rotatable bonds is 6. The number of urea groups is 1. The molecule has 0 radical (unpaired) electrons. The van der Waals surface area contributed by atoms with Crippen LogP contribution in [-0.2, 0) is 14.6 Å². The predicted molar refractivity (Wildman–Crippen MR) is 86.8 cm³/mol. The van der Waals surface area contributed by atoms with E-state index in [-0.39, 0.29) is 24.5 Å². The lowest BCUT2D eigenvalue weighted by Crippen LogP contribution is -2.36. The molecule has 1 fully saturated rings. The quantitative estimate of drug-likeness (QED) is 0.564. The fourth-order valence-corrected chi connectivity index (χ4v) is 3.05. The van der Waals surface area contributed by atoms with Gasteiger partial charge in [-0.15, -0.1) is 0 Å². The van der Waals surface area contributed by atoms with E-state index in [9.17, 15) is 22.8 Å². The Morgan fingerprint density at radius 2 is 1.87 bits per heavy atom. The lowest BCUT2D eigenvalue weighted by Gasteiger charge is -2.12. The van der Waals surface area contributed by atoms with Crippen molar-refractivity contribution in [3.05, 3.63) is 34.3 Å².